The van der Waals surface area contributed by atoms with Crippen LogP contribution in [0.3, 0.4) is 0 Å². The van der Waals surface area contributed by atoms with Crippen LogP contribution in [0.25, 0.3) is 0 Å². The van der Waals surface area contributed by atoms with Crippen molar-refractivity contribution in [1.29, 1.82) is 0 Å². The van der Waals surface area contributed by atoms with Crippen molar-refractivity contribution in [3.8, 4) is 0 Å². The molecule has 0 unspecified atom stereocenters. The summed E-state index contributed by atoms with van der Waals surface area (Å²) < 4.78 is 0. The summed E-state index contributed by atoms with van der Waals surface area (Å²) in [7, 11) is 0. The minimum absolute atomic E-state index is 0.143. The number of rotatable bonds is 2. The molecule has 1 aromatic rings. The number of urea groups is 1. The van der Waals surface area contributed by atoms with Crippen LogP contribution in [-0.4, -0.2) is 47.9 Å². The van der Waals surface area contributed by atoms with Crippen LogP contribution >= 0.6 is 11.3 Å². The van der Waals surface area contributed by atoms with Gasteiger partial charge in [-0.3, -0.25) is 4.79 Å². The molecule has 1 aliphatic carbocycles. The van der Waals surface area contributed by atoms with E-state index in [0.717, 1.165) is 19.4 Å². The van der Waals surface area contributed by atoms with Crippen LogP contribution in [0.1, 0.15) is 24.3 Å². The molecule has 0 radical (unpaired) electrons. The van der Waals surface area contributed by atoms with Crippen LogP contribution in [0, 0.1) is 5.92 Å². The zero-order valence-corrected chi connectivity index (χ0v) is 12.1. The topological polar surface area (TPSA) is 66.6 Å². The van der Waals surface area contributed by atoms with E-state index in [1.54, 1.807) is 16.2 Å². The number of carbonyl (C=O) groups excluding carboxylic acids is 2. The largest absolute Gasteiger partial charge is 0.351 e. The Bertz CT molecular complexity index is 503. The van der Waals surface area contributed by atoms with Gasteiger partial charge in [-0.25, -0.2) is 4.79 Å². The Balaban J connectivity index is 1.57. The molecule has 2 heterocycles. The second-order valence-corrected chi connectivity index (χ2v) is 6.29. The number of nitrogens with two attached hydrogens (primary N) is 1. The van der Waals surface area contributed by atoms with E-state index < -0.39 is 0 Å². The molecule has 2 fully saturated rings. The highest BCUT2D eigenvalue weighted by atomic mass is 32.1. The van der Waals surface area contributed by atoms with Crippen molar-refractivity contribution in [1.82, 2.24) is 9.80 Å². The maximum absolute atomic E-state index is 12.5. The molecule has 3 rings (SSSR count). The first kappa shape index (κ1) is 13.4. The Morgan fingerprint density at radius 2 is 1.95 bits per heavy atom. The van der Waals surface area contributed by atoms with E-state index in [4.69, 9.17) is 5.73 Å². The third-order valence-electron chi connectivity index (χ3n) is 4.20. The molecule has 0 spiro atoms. The van der Waals surface area contributed by atoms with Crippen molar-refractivity contribution in [2.45, 2.75) is 18.8 Å². The summed E-state index contributed by atoms with van der Waals surface area (Å²) in [6, 6.07) is 1.72. The molecule has 5 nitrogen and oxygen atoms in total. The average molecular weight is 293 g/mol. The molecule has 3 amide bonds. The number of carbonyl (C=O) groups is 2. The molecule has 0 aromatic carbocycles. The zero-order valence-electron chi connectivity index (χ0n) is 11.3. The maximum atomic E-state index is 12.5. The van der Waals surface area contributed by atoms with Gasteiger partial charge in [0, 0.05) is 32.1 Å². The van der Waals surface area contributed by atoms with Crippen molar-refractivity contribution in [2.24, 2.45) is 11.7 Å². The summed E-state index contributed by atoms with van der Waals surface area (Å²) in [4.78, 5) is 27.2. The SMILES string of the molecule is NC(=O)N1CCCN(C(=O)[C@@H]2C[C@H]2c2ccsc2)CC1. The minimum atomic E-state index is -0.387. The fourth-order valence-corrected chi connectivity index (χ4v) is 3.64. The van der Waals surface area contributed by atoms with Gasteiger partial charge < -0.3 is 15.5 Å². The fourth-order valence-electron chi connectivity index (χ4n) is 2.92. The Labute approximate surface area is 122 Å². The molecule has 2 N–H and O–H groups in total. The molecule has 2 aliphatic rings. The van der Waals surface area contributed by atoms with Crippen LogP contribution in [0.5, 0.6) is 0 Å². The fraction of sp³-hybridized carbons (Fsp3) is 0.571. The van der Waals surface area contributed by atoms with E-state index in [2.05, 4.69) is 16.8 Å². The monoisotopic (exact) mass is 293 g/mol. The van der Waals surface area contributed by atoms with Crippen LogP contribution in [0.4, 0.5) is 4.79 Å². The molecule has 0 bridgehead atoms. The van der Waals surface area contributed by atoms with Gasteiger partial charge in [-0.2, -0.15) is 11.3 Å². The lowest BCUT2D eigenvalue weighted by Crippen LogP contribution is -2.40. The predicted molar refractivity (Wildman–Crippen MR) is 77.5 cm³/mol. The van der Waals surface area contributed by atoms with Crippen LogP contribution in [-0.2, 0) is 4.79 Å². The Morgan fingerprint density at radius 3 is 2.65 bits per heavy atom. The Morgan fingerprint density at radius 1 is 1.20 bits per heavy atom. The first-order valence-electron chi connectivity index (χ1n) is 7.02. The van der Waals surface area contributed by atoms with Crippen molar-refractivity contribution in [2.75, 3.05) is 26.2 Å². The lowest BCUT2D eigenvalue weighted by molar-refractivity contribution is -0.132. The molecule has 2 atom stereocenters. The van der Waals surface area contributed by atoms with E-state index in [1.165, 1.54) is 5.56 Å². The van der Waals surface area contributed by atoms with Crippen LogP contribution in [0.15, 0.2) is 16.8 Å². The van der Waals surface area contributed by atoms with Gasteiger partial charge in [0.1, 0.15) is 0 Å². The van der Waals surface area contributed by atoms with Gasteiger partial charge in [-0.15, -0.1) is 0 Å². The maximum Gasteiger partial charge on any atom is 0.314 e. The smallest absolute Gasteiger partial charge is 0.314 e. The third-order valence-corrected chi connectivity index (χ3v) is 4.90. The molecule has 1 aromatic heterocycles. The summed E-state index contributed by atoms with van der Waals surface area (Å²) in [5.74, 6) is 0.793. The minimum Gasteiger partial charge on any atom is -0.351 e. The number of nitrogens with zero attached hydrogens (tertiary/aromatic N) is 2. The molecular formula is C14H19N3O2S. The summed E-state index contributed by atoms with van der Waals surface area (Å²) in [6.45, 7) is 2.54. The summed E-state index contributed by atoms with van der Waals surface area (Å²) in [6.07, 6.45) is 1.77. The zero-order chi connectivity index (χ0) is 14.1. The van der Waals surface area contributed by atoms with E-state index in [0.29, 0.717) is 25.6 Å². The van der Waals surface area contributed by atoms with Gasteiger partial charge in [0.05, 0.1) is 0 Å². The van der Waals surface area contributed by atoms with Gasteiger partial charge in [-0.05, 0) is 41.1 Å². The van der Waals surface area contributed by atoms with Crippen molar-refractivity contribution in [3.05, 3.63) is 22.4 Å². The highest BCUT2D eigenvalue weighted by molar-refractivity contribution is 7.08. The number of primary amides is 1. The Kier molecular flexibility index (Phi) is 3.65. The lowest BCUT2D eigenvalue weighted by atomic mass is 10.2. The summed E-state index contributed by atoms with van der Waals surface area (Å²) in [5, 5.41) is 4.20. The van der Waals surface area contributed by atoms with Crippen molar-refractivity contribution < 1.29 is 9.59 Å². The molecule has 108 valence electrons. The standard InChI is InChI=1S/C14H19N3O2S/c15-14(19)17-4-1-3-16(5-6-17)13(18)12-8-11(12)10-2-7-20-9-10/h2,7,9,11-12H,1,3-6,8H2,(H2,15,19)/t11-,12+/m0/s1. The van der Waals surface area contributed by atoms with Crippen LogP contribution in [0.2, 0.25) is 0 Å². The van der Waals surface area contributed by atoms with Gasteiger partial charge >= 0.3 is 6.03 Å². The van der Waals surface area contributed by atoms with E-state index >= 15 is 0 Å². The number of amides is 3. The lowest BCUT2D eigenvalue weighted by Gasteiger charge is -2.21. The van der Waals surface area contributed by atoms with Crippen LogP contribution < -0.4 is 5.73 Å². The summed E-state index contributed by atoms with van der Waals surface area (Å²) >= 11 is 1.68. The van der Waals surface area contributed by atoms with E-state index in [-0.39, 0.29) is 17.9 Å². The number of hydrogen-bond donors (Lipinski definition) is 1. The number of thiophene rings is 1. The van der Waals surface area contributed by atoms with Crippen molar-refractivity contribution in [3.63, 3.8) is 0 Å². The second kappa shape index (κ2) is 5.44. The molecule has 1 aliphatic heterocycles. The molecule has 1 saturated heterocycles. The molecular weight excluding hydrogens is 274 g/mol. The van der Waals surface area contributed by atoms with Gasteiger partial charge in [0.2, 0.25) is 5.91 Å². The average Bonchev–Trinajstić information content (AvgIpc) is 3.13. The molecule has 1 saturated carbocycles. The summed E-state index contributed by atoms with van der Waals surface area (Å²) in [5.41, 5.74) is 6.59. The van der Waals surface area contributed by atoms with Crippen molar-refractivity contribution >= 4 is 23.3 Å². The van der Waals surface area contributed by atoms with Gasteiger partial charge in [-0.1, -0.05) is 0 Å². The molecule has 20 heavy (non-hydrogen) atoms. The van der Waals surface area contributed by atoms with Gasteiger partial charge in [0.25, 0.3) is 0 Å². The number of hydrogen-bond acceptors (Lipinski definition) is 3. The second-order valence-electron chi connectivity index (χ2n) is 5.51. The third kappa shape index (κ3) is 2.65. The van der Waals surface area contributed by atoms with E-state index in [1.807, 2.05) is 4.90 Å². The van der Waals surface area contributed by atoms with E-state index in [9.17, 15) is 9.59 Å². The first-order valence-corrected chi connectivity index (χ1v) is 7.96. The predicted octanol–water partition coefficient (Wildman–Crippen LogP) is 1.46. The highest BCUT2D eigenvalue weighted by Crippen LogP contribution is 2.49. The quantitative estimate of drug-likeness (QED) is 0.897. The highest BCUT2D eigenvalue weighted by Gasteiger charge is 2.46. The normalized spacial score (nSPS) is 26.2. The first-order chi connectivity index (χ1) is 9.66. The Hall–Kier alpha value is -1.56. The van der Waals surface area contributed by atoms with Gasteiger partial charge in [0.15, 0.2) is 0 Å². The molecule has 6 heteroatoms.